The molecule has 0 saturated carbocycles. The third kappa shape index (κ3) is 4.65. The summed E-state index contributed by atoms with van der Waals surface area (Å²) in [6, 6.07) is 7.75. The van der Waals surface area contributed by atoms with Crippen LogP contribution < -0.4 is 5.32 Å². The van der Waals surface area contributed by atoms with Gasteiger partial charge in [-0.15, -0.1) is 0 Å². The highest BCUT2D eigenvalue weighted by atomic mass is 16.3. The van der Waals surface area contributed by atoms with Crippen LogP contribution in [0.2, 0.25) is 0 Å². The molecule has 0 aromatic heterocycles. The van der Waals surface area contributed by atoms with Crippen molar-refractivity contribution in [3.05, 3.63) is 35.4 Å². The number of amides is 1. The van der Waals surface area contributed by atoms with Gasteiger partial charge in [0.05, 0.1) is 0 Å². The Morgan fingerprint density at radius 2 is 2.11 bits per heavy atom. The van der Waals surface area contributed by atoms with Gasteiger partial charge >= 0.3 is 0 Å². The van der Waals surface area contributed by atoms with Crippen LogP contribution in [0.3, 0.4) is 0 Å². The van der Waals surface area contributed by atoms with Gasteiger partial charge in [-0.2, -0.15) is 0 Å². The maximum Gasteiger partial charge on any atom is 0.254 e. The lowest BCUT2D eigenvalue weighted by Crippen LogP contribution is -2.33. The van der Waals surface area contributed by atoms with E-state index in [4.69, 9.17) is 5.11 Å². The highest BCUT2D eigenvalue weighted by Crippen LogP contribution is 2.12. The number of benzene rings is 1. The fraction of sp³-hybridized carbons (Fsp3) is 0.533. The van der Waals surface area contributed by atoms with Crippen LogP contribution in [0.15, 0.2) is 24.3 Å². The van der Waals surface area contributed by atoms with Gasteiger partial charge in [0.15, 0.2) is 0 Å². The molecule has 106 valence electrons. The van der Waals surface area contributed by atoms with Gasteiger partial charge in [-0.05, 0) is 45.0 Å². The molecule has 4 nitrogen and oxygen atoms in total. The molecule has 0 fully saturated rings. The lowest BCUT2D eigenvalue weighted by Gasteiger charge is -2.22. The molecule has 0 radical (unpaired) electrons. The second-order valence-electron chi connectivity index (χ2n) is 4.47. The number of aliphatic hydroxyl groups excluding tert-OH is 1. The van der Waals surface area contributed by atoms with Crippen LogP contribution in [0.5, 0.6) is 0 Å². The number of hydrogen-bond donors (Lipinski definition) is 2. The van der Waals surface area contributed by atoms with Gasteiger partial charge < -0.3 is 15.3 Å². The lowest BCUT2D eigenvalue weighted by atomic mass is 10.0. The third-order valence-electron chi connectivity index (χ3n) is 3.15. The topological polar surface area (TPSA) is 52.6 Å². The van der Waals surface area contributed by atoms with Gasteiger partial charge in [-0.1, -0.05) is 18.2 Å². The minimum atomic E-state index is 0.0580. The summed E-state index contributed by atoms with van der Waals surface area (Å²) in [6.45, 7) is 4.20. The molecule has 0 atom stereocenters. The van der Waals surface area contributed by atoms with E-state index < -0.39 is 0 Å². The maximum absolute atomic E-state index is 12.5. The minimum absolute atomic E-state index is 0.0580. The van der Waals surface area contributed by atoms with Gasteiger partial charge in [0.2, 0.25) is 0 Å². The number of nitrogens with zero attached hydrogens (tertiary/aromatic N) is 1. The first kappa shape index (κ1) is 15.7. The number of aliphatic hydroxyl groups is 1. The van der Waals surface area contributed by atoms with Crippen molar-refractivity contribution in [3.8, 4) is 0 Å². The number of likely N-dealkylation sites (N-methyl/N-ethyl adjacent to an activating group) is 1. The summed E-state index contributed by atoms with van der Waals surface area (Å²) >= 11 is 0. The van der Waals surface area contributed by atoms with Crippen molar-refractivity contribution in [1.29, 1.82) is 0 Å². The number of rotatable bonds is 8. The normalized spacial score (nSPS) is 10.5. The van der Waals surface area contributed by atoms with Crippen molar-refractivity contribution in [3.63, 3.8) is 0 Å². The van der Waals surface area contributed by atoms with Gasteiger partial charge in [0, 0.05) is 25.3 Å². The van der Waals surface area contributed by atoms with E-state index in [0.29, 0.717) is 19.5 Å². The zero-order valence-electron chi connectivity index (χ0n) is 11.9. The summed E-state index contributed by atoms with van der Waals surface area (Å²) < 4.78 is 0. The Morgan fingerprint density at radius 3 is 2.74 bits per heavy atom. The number of hydrogen-bond acceptors (Lipinski definition) is 3. The van der Waals surface area contributed by atoms with Gasteiger partial charge in [-0.3, -0.25) is 4.79 Å². The molecule has 0 unspecified atom stereocenters. The quantitative estimate of drug-likeness (QED) is 0.744. The minimum Gasteiger partial charge on any atom is -0.396 e. The predicted octanol–water partition coefficient (Wildman–Crippen LogP) is 1.29. The standard InChI is InChI=1S/C15H24N2O2/c1-3-17(11-6-12-18)15(19)14-8-5-4-7-13(14)9-10-16-2/h4-5,7-8,16,18H,3,6,9-12H2,1-2H3. The van der Waals surface area contributed by atoms with Crippen LogP contribution >= 0.6 is 0 Å². The number of carbonyl (C=O) groups excluding carboxylic acids is 1. The zero-order valence-corrected chi connectivity index (χ0v) is 11.9. The molecular formula is C15H24N2O2. The van der Waals surface area contributed by atoms with Crippen molar-refractivity contribution < 1.29 is 9.90 Å². The lowest BCUT2D eigenvalue weighted by molar-refractivity contribution is 0.0753. The smallest absolute Gasteiger partial charge is 0.254 e. The predicted molar refractivity (Wildman–Crippen MR) is 77.4 cm³/mol. The molecule has 0 aliphatic heterocycles. The Morgan fingerprint density at radius 1 is 1.37 bits per heavy atom. The first-order chi connectivity index (χ1) is 9.24. The molecule has 2 N–H and O–H groups in total. The Labute approximate surface area is 115 Å². The van der Waals surface area contributed by atoms with Gasteiger partial charge in [0.25, 0.3) is 5.91 Å². The summed E-state index contributed by atoms with van der Waals surface area (Å²) in [4.78, 5) is 14.3. The molecule has 0 aliphatic carbocycles. The van der Waals surface area contributed by atoms with Crippen LogP contribution in [0.25, 0.3) is 0 Å². The van der Waals surface area contributed by atoms with Crippen molar-refractivity contribution in [2.75, 3.05) is 33.3 Å². The van der Waals surface area contributed by atoms with Crippen molar-refractivity contribution in [2.24, 2.45) is 0 Å². The van der Waals surface area contributed by atoms with E-state index in [-0.39, 0.29) is 12.5 Å². The summed E-state index contributed by atoms with van der Waals surface area (Å²) in [7, 11) is 1.91. The molecule has 1 aromatic carbocycles. The van der Waals surface area contributed by atoms with E-state index in [1.165, 1.54) is 0 Å². The van der Waals surface area contributed by atoms with E-state index >= 15 is 0 Å². The zero-order chi connectivity index (χ0) is 14.1. The first-order valence-electron chi connectivity index (χ1n) is 6.87. The molecule has 4 heteroatoms. The summed E-state index contributed by atoms with van der Waals surface area (Å²) in [5.41, 5.74) is 1.85. The molecular weight excluding hydrogens is 240 g/mol. The molecule has 0 heterocycles. The second-order valence-corrected chi connectivity index (χ2v) is 4.47. The molecule has 19 heavy (non-hydrogen) atoms. The Hall–Kier alpha value is -1.39. The highest BCUT2D eigenvalue weighted by Gasteiger charge is 2.16. The monoisotopic (exact) mass is 264 g/mol. The fourth-order valence-corrected chi connectivity index (χ4v) is 2.04. The Kier molecular flexibility index (Phi) is 7.15. The molecule has 0 bridgehead atoms. The van der Waals surface area contributed by atoms with E-state index in [1.54, 1.807) is 4.90 Å². The van der Waals surface area contributed by atoms with E-state index in [2.05, 4.69) is 5.32 Å². The summed E-state index contributed by atoms with van der Waals surface area (Å²) in [6.07, 6.45) is 1.47. The Bertz CT molecular complexity index is 393. The summed E-state index contributed by atoms with van der Waals surface area (Å²) in [5.74, 6) is 0.0580. The first-order valence-corrected chi connectivity index (χ1v) is 6.87. The molecule has 1 aromatic rings. The average molecular weight is 264 g/mol. The summed E-state index contributed by atoms with van der Waals surface area (Å²) in [5, 5.41) is 12.0. The molecule has 0 saturated heterocycles. The third-order valence-corrected chi connectivity index (χ3v) is 3.15. The second kappa shape index (κ2) is 8.67. The van der Waals surface area contributed by atoms with Gasteiger partial charge in [-0.25, -0.2) is 0 Å². The maximum atomic E-state index is 12.5. The van der Waals surface area contributed by atoms with Crippen molar-refractivity contribution in [2.45, 2.75) is 19.8 Å². The van der Waals surface area contributed by atoms with E-state index in [0.717, 1.165) is 24.1 Å². The fourth-order valence-electron chi connectivity index (χ4n) is 2.04. The van der Waals surface area contributed by atoms with Crippen LogP contribution in [-0.4, -0.2) is 49.2 Å². The van der Waals surface area contributed by atoms with Crippen LogP contribution in [0, 0.1) is 0 Å². The largest absolute Gasteiger partial charge is 0.396 e. The van der Waals surface area contributed by atoms with E-state index in [9.17, 15) is 4.79 Å². The van der Waals surface area contributed by atoms with Crippen molar-refractivity contribution >= 4 is 5.91 Å². The van der Waals surface area contributed by atoms with E-state index in [1.807, 2.05) is 38.2 Å². The average Bonchev–Trinajstić information content (AvgIpc) is 2.46. The Balaban J connectivity index is 2.84. The van der Waals surface area contributed by atoms with Crippen LogP contribution in [-0.2, 0) is 6.42 Å². The molecule has 0 spiro atoms. The van der Waals surface area contributed by atoms with Crippen LogP contribution in [0.1, 0.15) is 29.3 Å². The molecule has 0 aliphatic rings. The molecule has 1 amide bonds. The number of carbonyl (C=O) groups is 1. The highest BCUT2D eigenvalue weighted by molar-refractivity contribution is 5.95. The van der Waals surface area contributed by atoms with Gasteiger partial charge in [0.1, 0.15) is 0 Å². The molecule has 1 rings (SSSR count). The number of nitrogens with one attached hydrogen (secondary N) is 1. The SMILES string of the molecule is CCN(CCCO)C(=O)c1ccccc1CCNC. The van der Waals surface area contributed by atoms with Crippen molar-refractivity contribution in [1.82, 2.24) is 10.2 Å². The van der Waals surface area contributed by atoms with Crippen LogP contribution in [0.4, 0.5) is 0 Å².